The Labute approximate surface area is 161 Å². The lowest BCUT2D eigenvalue weighted by atomic mass is 10.1. The summed E-state index contributed by atoms with van der Waals surface area (Å²) in [5.74, 6) is -0.0480. The molecule has 2 N–H and O–H groups in total. The minimum Gasteiger partial charge on any atom is -0.495 e. The van der Waals surface area contributed by atoms with Gasteiger partial charge in [-0.05, 0) is 25.1 Å². The Bertz CT molecular complexity index is 930. The van der Waals surface area contributed by atoms with Crippen LogP contribution in [-0.2, 0) is 9.59 Å². The van der Waals surface area contributed by atoms with Gasteiger partial charge in [-0.15, -0.1) is 0 Å². The van der Waals surface area contributed by atoms with E-state index in [2.05, 4.69) is 10.6 Å². The number of methoxy groups -OCH3 is 1. The fraction of sp³-hybridized carbons (Fsp3) is 0.263. The number of nitro groups is 1. The molecule has 0 spiro atoms. The van der Waals surface area contributed by atoms with Crippen molar-refractivity contribution in [3.05, 3.63) is 52.6 Å². The van der Waals surface area contributed by atoms with Crippen LogP contribution in [0.2, 0.25) is 0 Å². The van der Waals surface area contributed by atoms with Gasteiger partial charge in [-0.1, -0.05) is 12.1 Å². The number of carbonyl (C=O) groups excluding carboxylic acids is 2. The second-order valence-electron chi connectivity index (χ2n) is 6.38. The zero-order chi connectivity index (χ0) is 20.3. The lowest BCUT2D eigenvalue weighted by Crippen LogP contribution is -2.42. The van der Waals surface area contributed by atoms with E-state index in [-0.39, 0.29) is 36.5 Å². The molecular formula is C19H20N4O5. The average molecular weight is 384 g/mol. The molecule has 9 heteroatoms. The van der Waals surface area contributed by atoms with Crippen molar-refractivity contribution in [2.45, 2.75) is 19.4 Å². The predicted molar refractivity (Wildman–Crippen MR) is 105 cm³/mol. The number of non-ortho nitro benzene ring substituents is 1. The smallest absolute Gasteiger partial charge is 0.271 e. The topological polar surface area (TPSA) is 114 Å². The van der Waals surface area contributed by atoms with Gasteiger partial charge in [0.25, 0.3) is 5.69 Å². The maximum Gasteiger partial charge on any atom is 0.271 e. The van der Waals surface area contributed by atoms with Crippen molar-refractivity contribution < 1.29 is 19.2 Å². The lowest BCUT2D eigenvalue weighted by Gasteiger charge is -2.28. The van der Waals surface area contributed by atoms with Gasteiger partial charge < -0.3 is 20.3 Å². The Morgan fingerprint density at radius 1 is 1.36 bits per heavy atom. The molecule has 3 rings (SSSR count). The minimum atomic E-state index is -0.517. The Morgan fingerprint density at radius 3 is 2.82 bits per heavy atom. The Morgan fingerprint density at radius 2 is 2.11 bits per heavy atom. The summed E-state index contributed by atoms with van der Waals surface area (Å²) < 4.78 is 5.20. The second-order valence-corrected chi connectivity index (χ2v) is 6.38. The zero-order valence-corrected chi connectivity index (χ0v) is 15.5. The number of nitrogens with one attached hydrogen (secondary N) is 2. The summed E-state index contributed by atoms with van der Waals surface area (Å²) in [6.45, 7) is 1.68. The van der Waals surface area contributed by atoms with E-state index in [0.29, 0.717) is 22.8 Å². The largest absolute Gasteiger partial charge is 0.495 e. The van der Waals surface area contributed by atoms with Crippen molar-refractivity contribution in [3.63, 3.8) is 0 Å². The number of nitrogens with zero attached hydrogens (tertiary/aromatic N) is 2. The van der Waals surface area contributed by atoms with Gasteiger partial charge in [-0.3, -0.25) is 19.7 Å². The number of para-hydroxylation sites is 2. The maximum atomic E-state index is 13.0. The molecule has 2 aromatic rings. The number of hydrogen-bond acceptors (Lipinski definition) is 6. The number of rotatable bonds is 5. The molecule has 0 radical (unpaired) electrons. The molecule has 0 bridgehead atoms. The maximum absolute atomic E-state index is 13.0. The van der Waals surface area contributed by atoms with E-state index in [1.165, 1.54) is 25.3 Å². The second kappa shape index (κ2) is 7.95. The number of benzene rings is 2. The van der Waals surface area contributed by atoms with Crippen LogP contribution in [0, 0.1) is 10.1 Å². The van der Waals surface area contributed by atoms with Gasteiger partial charge in [0.2, 0.25) is 11.8 Å². The van der Waals surface area contributed by atoms with Gasteiger partial charge in [0.1, 0.15) is 5.75 Å². The van der Waals surface area contributed by atoms with Gasteiger partial charge in [0.15, 0.2) is 0 Å². The number of carbonyl (C=O) groups is 2. The number of anilines is 3. The molecule has 0 aliphatic carbocycles. The Hall–Kier alpha value is -3.62. The van der Waals surface area contributed by atoms with Crippen LogP contribution in [0.15, 0.2) is 42.5 Å². The summed E-state index contributed by atoms with van der Waals surface area (Å²) in [5, 5.41) is 16.7. The highest BCUT2D eigenvalue weighted by Gasteiger charge is 2.29. The lowest BCUT2D eigenvalue weighted by molar-refractivity contribution is -0.384. The molecule has 146 valence electrons. The molecule has 0 aromatic heterocycles. The molecule has 0 unspecified atom stereocenters. The molecule has 2 amide bonds. The van der Waals surface area contributed by atoms with Crippen LogP contribution in [-0.4, -0.2) is 36.4 Å². The third-order valence-corrected chi connectivity index (χ3v) is 4.45. The van der Waals surface area contributed by atoms with Crippen molar-refractivity contribution in [2.75, 3.05) is 29.2 Å². The Balaban J connectivity index is 1.84. The third kappa shape index (κ3) is 3.88. The zero-order valence-electron chi connectivity index (χ0n) is 15.5. The average Bonchev–Trinajstić information content (AvgIpc) is 2.79. The van der Waals surface area contributed by atoms with Crippen molar-refractivity contribution >= 4 is 34.6 Å². The van der Waals surface area contributed by atoms with Crippen LogP contribution in [0.1, 0.15) is 13.3 Å². The van der Waals surface area contributed by atoms with Gasteiger partial charge in [-0.25, -0.2) is 0 Å². The molecule has 1 aliphatic rings. The normalized spacial score (nSPS) is 15.9. The van der Waals surface area contributed by atoms with Crippen LogP contribution in [0.25, 0.3) is 0 Å². The first-order chi connectivity index (χ1) is 13.4. The number of nitro benzene ring substituents is 1. The van der Waals surface area contributed by atoms with Crippen LogP contribution < -0.4 is 20.3 Å². The quantitative estimate of drug-likeness (QED) is 0.605. The number of amides is 2. The van der Waals surface area contributed by atoms with Crippen molar-refractivity contribution in [3.8, 4) is 5.75 Å². The highest BCUT2D eigenvalue weighted by molar-refractivity contribution is 6.05. The molecule has 2 aromatic carbocycles. The Kier molecular flexibility index (Phi) is 5.44. The van der Waals surface area contributed by atoms with Gasteiger partial charge in [-0.2, -0.15) is 0 Å². The molecule has 0 saturated carbocycles. The number of fused-ring (bicyclic) bond motifs is 1. The summed E-state index contributed by atoms with van der Waals surface area (Å²) in [6.07, 6.45) is 0.167. The first kappa shape index (κ1) is 19.2. The molecule has 1 heterocycles. The van der Waals surface area contributed by atoms with E-state index in [9.17, 15) is 19.7 Å². The van der Waals surface area contributed by atoms with Gasteiger partial charge in [0, 0.05) is 24.6 Å². The number of hydrogen-bond donors (Lipinski definition) is 2. The van der Waals surface area contributed by atoms with Crippen molar-refractivity contribution in [2.24, 2.45) is 0 Å². The van der Waals surface area contributed by atoms with Gasteiger partial charge >= 0.3 is 0 Å². The number of ether oxygens (including phenoxy) is 1. The highest BCUT2D eigenvalue weighted by Crippen LogP contribution is 2.32. The van der Waals surface area contributed by atoms with Gasteiger partial charge in [0.05, 0.1) is 35.6 Å². The molecule has 9 nitrogen and oxygen atoms in total. The fourth-order valence-corrected chi connectivity index (χ4v) is 3.17. The monoisotopic (exact) mass is 384 g/mol. The standard InChI is InChI=1S/C19H20N4O5/c1-12-9-18(24)21-14-5-3-4-6-16(14)22(12)19(25)11-20-15-10-13(23(26)27)7-8-17(15)28-2/h3-8,10,12,20H,9,11H2,1-2H3,(H,21,24)/t12-/m1/s1. The van der Waals surface area contributed by atoms with E-state index < -0.39 is 4.92 Å². The summed E-state index contributed by atoms with van der Waals surface area (Å²) in [7, 11) is 1.44. The summed E-state index contributed by atoms with van der Waals surface area (Å²) in [5.41, 5.74) is 1.41. The van der Waals surface area contributed by atoms with Crippen LogP contribution in [0.4, 0.5) is 22.7 Å². The fourth-order valence-electron chi connectivity index (χ4n) is 3.17. The van der Waals surface area contributed by atoms with E-state index in [1.807, 2.05) is 0 Å². The van der Waals surface area contributed by atoms with Crippen LogP contribution in [0.5, 0.6) is 5.75 Å². The first-order valence-corrected chi connectivity index (χ1v) is 8.68. The predicted octanol–water partition coefficient (Wildman–Crippen LogP) is 2.78. The van der Waals surface area contributed by atoms with Crippen molar-refractivity contribution in [1.82, 2.24) is 0 Å². The van der Waals surface area contributed by atoms with E-state index in [4.69, 9.17) is 4.74 Å². The third-order valence-electron chi connectivity index (χ3n) is 4.45. The summed E-state index contributed by atoms with van der Waals surface area (Å²) in [6, 6.07) is 10.9. The SMILES string of the molecule is COc1ccc([N+](=O)[O-])cc1NCC(=O)N1c2ccccc2NC(=O)C[C@H]1C. The van der Waals surface area contributed by atoms with Crippen LogP contribution >= 0.6 is 0 Å². The summed E-state index contributed by atoms with van der Waals surface area (Å²) >= 11 is 0. The van der Waals surface area contributed by atoms with E-state index >= 15 is 0 Å². The van der Waals surface area contributed by atoms with Crippen molar-refractivity contribution in [1.29, 1.82) is 0 Å². The van der Waals surface area contributed by atoms with Crippen LogP contribution in [0.3, 0.4) is 0 Å². The van der Waals surface area contributed by atoms with E-state index in [0.717, 1.165) is 0 Å². The van der Waals surface area contributed by atoms with E-state index in [1.54, 1.807) is 36.1 Å². The molecule has 1 atom stereocenters. The molecule has 1 aliphatic heterocycles. The molecule has 0 fully saturated rings. The first-order valence-electron chi connectivity index (χ1n) is 8.68. The highest BCUT2D eigenvalue weighted by atomic mass is 16.6. The minimum absolute atomic E-state index is 0.112. The molecular weight excluding hydrogens is 364 g/mol. The molecule has 0 saturated heterocycles. The molecule has 28 heavy (non-hydrogen) atoms. The summed E-state index contributed by atoms with van der Waals surface area (Å²) in [4.78, 5) is 37.1.